The van der Waals surface area contributed by atoms with Crippen LogP contribution in [0.1, 0.15) is 22.3 Å². The summed E-state index contributed by atoms with van der Waals surface area (Å²) in [5, 5.41) is 0. The third-order valence-electron chi connectivity index (χ3n) is 4.84. The van der Waals surface area contributed by atoms with Crippen molar-refractivity contribution in [2.45, 2.75) is 12.8 Å². The molecule has 3 rings (SSSR count). The van der Waals surface area contributed by atoms with Gasteiger partial charge in [0.2, 0.25) is 5.91 Å². The number of amides is 2. The van der Waals surface area contributed by atoms with Crippen LogP contribution in [0.4, 0.5) is 5.82 Å². The quantitative estimate of drug-likeness (QED) is 0.813. The van der Waals surface area contributed by atoms with Gasteiger partial charge in [0, 0.05) is 58.5 Å². The molecule has 0 aliphatic carbocycles. The molecule has 0 saturated carbocycles. The number of aromatic nitrogens is 1. The van der Waals surface area contributed by atoms with E-state index in [9.17, 15) is 9.59 Å². The van der Waals surface area contributed by atoms with Gasteiger partial charge in [0.25, 0.3) is 5.91 Å². The molecule has 1 aliphatic heterocycles. The van der Waals surface area contributed by atoms with Gasteiger partial charge in [-0.1, -0.05) is 18.2 Å². The van der Waals surface area contributed by atoms with Crippen molar-refractivity contribution in [3.05, 3.63) is 59.8 Å². The Morgan fingerprint density at radius 3 is 2.30 bits per heavy atom. The van der Waals surface area contributed by atoms with Crippen LogP contribution in [0.3, 0.4) is 0 Å². The Labute approximate surface area is 160 Å². The highest BCUT2D eigenvalue weighted by Crippen LogP contribution is 2.14. The van der Waals surface area contributed by atoms with E-state index in [0.717, 1.165) is 37.6 Å². The van der Waals surface area contributed by atoms with Crippen molar-refractivity contribution in [2.75, 3.05) is 45.2 Å². The van der Waals surface area contributed by atoms with Crippen molar-refractivity contribution in [2.24, 2.45) is 0 Å². The number of piperazine rings is 1. The molecule has 1 aromatic carbocycles. The summed E-state index contributed by atoms with van der Waals surface area (Å²) in [5.41, 5.74) is 1.74. The highest BCUT2D eigenvalue weighted by atomic mass is 16.2. The van der Waals surface area contributed by atoms with E-state index in [1.807, 2.05) is 47.4 Å². The van der Waals surface area contributed by atoms with Crippen LogP contribution in [0.25, 0.3) is 0 Å². The Morgan fingerprint density at radius 1 is 1.00 bits per heavy atom. The van der Waals surface area contributed by atoms with E-state index in [2.05, 4.69) is 9.88 Å². The molecule has 0 radical (unpaired) electrons. The van der Waals surface area contributed by atoms with Crippen molar-refractivity contribution < 1.29 is 9.59 Å². The summed E-state index contributed by atoms with van der Waals surface area (Å²) in [6.07, 6.45) is 2.98. The summed E-state index contributed by atoms with van der Waals surface area (Å²) in [6.45, 7) is 3.07. The van der Waals surface area contributed by atoms with Crippen LogP contribution in [0, 0.1) is 0 Å². The summed E-state index contributed by atoms with van der Waals surface area (Å²) in [4.78, 5) is 34.5. The third kappa shape index (κ3) is 4.84. The van der Waals surface area contributed by atoms with E-state index in [0.29, 0.717) is 18.4 Å². The maximum absolute atomic E-state index is 12.5. The molecule has 0 spiro atoms. The van der Waals surface area contributed by atoms with Crippen molar-refractivity contribution in [3.8, 4) is 0 Å². The van der Waals surface area contributed by atoms with Crippen LogP contribution in [0.5, 0.6) is 0 Å². The first-order chi connectivity index (χ1) is 13.0. The summed E-state index contributed by atoms with van der Waals surface area (Å²) in [7, 11) is 3.48. The number of benzene rings is 1. The lowest BCUT2D eigenvalue weighted by molar-refractivity contribution is -0.131. The average Bonchev–Trinajstić information content (AvgIpc) is 2.72. The molecule has 0 bridgehead atoms. The van der Waals surface area contributed by atoms with Crippen LogP contribution < -0.4 is 4.90 Å². The lowest BCUT2D eigenvalue weighted by Crippen LogP contribution is -2.49. The average molecular weight is 366 g/mol. The summed E-state index contributed by atoms with van der Waals surface area (Å²) in [5.74, 6) is 1.14. The lowest BCUT2D eigenvalue weighted by atomic mass is 10.1. The zero-order chi connectivity index (χ0) is 19.2. The molecule has 0 unspecified atom stereocenters. The van der Waals surface area contributed by atoms with Crippen LogP contribution in [0.15, 0.2) is 48.7 Å². The number of hydrogen-bond donors (Lipinski definition) is 0. The zero-order valence-electron chi connectivity index (χ0n) is 16.0. The smallest absolute Gasteiger partial charge is 0.253 e. The van der Waals surface area contributed by atoms with Gasteiger partial charge in [0.15, 0.2) is 0 Å². The molecule has 1 aromatic heterocycles. The van der Waals surface area contributed by atoms with E-state index >= 15 is 0 Å². The largest absolute Gasteiger partial charge is 0.353 e. The molecule has 2 amide bonds. The molecular weight excluding hydrogens is 340 g/mol. The highest BCUT2D eigenvalue weighted by Gasteiger charge is 2.21. The predicted molar refractivity (Wildman–Crippen MR) is 106 cm³/mol. The van der Waals surface area contributed by atoms with E-state index in [4.69, 9.17) is 0 Å². The number of aryl methyl sites for hydroxylation is 1. The fourth-order valence-electron chi connectivity index (χ4n) is 3.21. The molecular formula is C21H26N4O2. The van der Waals surface area contributed by atoms with Gasteiger partial charge >= 0.3 is 0 Å². The zero-order valence-corrected chi connectivity index (χ0v) is 16.0. The molecule has 2 aromatic rings. The first-order valence-electron chi connectivity index (χ1n) is 9.29. The molecule has 142 valence electrons. The summed E-state index contributed by atoms with van der Waals surface area (Å²) < 4.78 is 0. The predicted octanol–water partition coefficient (Wildman–Crippen LogP) is 2.06. The SMILES string of the molecule is CN(C)C(=O)c1ccc(CCC(=O)N2CCN(c3ccccn3)CC2)cc1. The van der Waals surface area contributed by atoms with Crippen molar-refractivity contribution in [3.63, 3.8) is 0 Å². The molecule has 0 N–H and O–H groups in total. The maximum atomic E-state index is 12.5. The topological polar surface area (TPSA) is 56.8 Å². The van der Waals surface area contributed by atoms with E-state index < -0.39 is 0 Å². The number of anilines is 1. The fraction of sp³-hybridized carbons (Fsp3) is 0.381. The number of pyridine rings is 1. The third-order valence-corrected chi connectivity index (χ3v) is 4.84. The van der Waals surface area contributed by atoms with Gasteiger partial charge in [-0.25, -0.2) is 4.98 Å². The molecule has 2 heterocycles. The number of carbonyl (C=O) groups is 2. The molecule has 1 saturated heterocycles. The van der Waals surface area contributed by atoms with Gasteiger partial charge in [0.1, 0.15) is 5.82 Å². The number of hydrogen-bond acceptors (Lipinski definition) is 4. The fourth-order valence-corrected chi connectivity index (χ4v) is 3.21. The molecule has 1 aliphatic rings. The molecule has 6 heteroatoms. The van der Waals surface area contributed by atoms with Gasteiger partial charge in [-0.3, -0.25) is 9.59 Å². The first kappa shape index (κ1) is 18.9. The minimum atomic E-state index is -0.0107. The number of nitrogens with zero attached hydrogens (tertiary/aromatic N) is 4. The molecule has 27 heavy (non-hydrogen) atoms. The van der Waals surface area contributed by atoms with Gasteiger partial charge < -0.3 is 14.7 Å². The van der Waals surface area contributed by atoms with E-state index in [1.54, 1.807) is 25.2 Å². The van der Waals surface area contributed by atoms with Gasteiger partial charge in [-0.2, -0.15) is 0 Å². The Bertz CT molecular complexity index is 767. The standard InChI is InChI=1S/C21H26N4O2/c1-23(2)21(27)18-9-6-17(7-10-18)8-11-20(26)25-15-13-24(14-16-25)19-5-3-4-12-22-19/h3-7,9-10,12H,8,11,13-16H2,1-2H3. The van der Waals surface area contributed by atoms with E-state index in [1.165, 1.54) is 0 Å². The number of rotatable bonds is 5. The van der Waals surface area contributed by atoms with Crippen molar-refractivity contribution >= 4 is 17.6 Å². The molecule has 6 nitrogen and oxygen atoms in total. The molecule has 1 fully saturated rings. The van der Waals surface area contributed by atoms with Crippen LogP contribution in [-0.4, -0.2) is 66.9 Å². The second-order valence-electron chi connectivity index (χ2n) is 6.95. The number of carbonyl (C=O) groups excluding carboxylic acids is 2. The minimum Gasteiger partial charge on any atom is -0.353 e. The van der Waals surface area contributed by atoms with Crippen LogP contribution in [0.2, 0.25) is 0 Å². The summed E-state index contributed by atoms with van der Waals surface area (Å²) in [6, 6.07) is 13.4. The molecule has 0 atom stereocenters. The van der Waals surface area contributed by atoms with Gasteiger partial charge in [-0.05, 0) is 36.2 Å². The lowest BCUT2D eigenvalue weighted by Gasteiger charge is -2.35. The second-order valence-corrected chi connectivity index (χ2v) is 6.95. The Balaban J connectivity index is 1.47. The first-order valence-corrected chi connectivity index (χ1v) is 9.29. The second kappa shape index (κ2) is 8.66. The Kier molecular flexibility index (Phi) is 6.06. The normalized spacial score (nSPS) is 14.1. The van der Waals surface area contributed by atoms with Gasteiger partial charge in [0.05, 0.1) is 0 Å². The van der Waals surface area contributed by atoms with Crippen molar-refractivity contribution in [1.82, 2.24) is 14.8 Å². The summed E-state index contributed by atoms with van der Waals surface area (Å²) >= 11 is 0. The van der Waals surface area contributed by atoms with Crippen molar-refractivity contribution in [1.29, 1.82) is 0 Å². The minimum absolute atomic E-state index is 0.0107. The van der Waals surface area contributed by atoms with Crippen LogP contribution >= 0.6 is 0 Å². The Hall–Kier alpha value is -2.89. The van der Waals surface area contributed by atoms with Gasteiger partial charge in [-0.15, -0.1) is 0 Å². The van der Waals surface area contributed by atoms with Crippen LogP contribution in [-0.2, 0) is 11.2 Å². The monoisotopic (exact) mass is 366 g/mol. The highest BCUT2D eigenvalue weighted by molar-refractivity contribution is 5.93. The van der Waals surface area contributed by atoms with E-state index in [-0.39, 0.29) is 11.8 Å². The Morgan fingerprint density at radius 2 is 1.70 bits per heavy atom. The maximum Gasteiger partial charge on any atom is 0.253 e.